The number of benzene rings is 3. The summed E-state index contributed by atoms with van der Waals surface area (Å²) in [5, 5.41) is 14.2. The molecule has 0 fully saturated rings. The molecule has 0 saturated heterocycles. The SMILES string of the molecule is CN=CCCCn1cc(C[C@H](CO)NC(=O)c2cccc(-c3ccc(OC)c(F)c3)c2)c2ccccc21. The first kappa shape index (κ1) is 26.1. The van der Waals surface area contributed by atoms with Gasteiger partial charge in [0.1, 0.15) is 0 Å². The third-order valence-corrected chi connectivity index (χ3v) is 6.42. The fourth-order valence-corrected chi connectivity index (χ4v) is 4.53. The number of para-hydroxylation sites is 1. The summed E-state index contributed by atoms with van der Waals surface area (Å²) >= 11 is 0. The number of halogens is 1. The number of aliphatic imine (C=N–C) groups is 1. The summed E-state index contributed by atoms with van der Waals surface area (Å²) in [6, 6.07) is 19.4. The van der Waals surface area contributed by atoms with Crippen LogP contribution in [0.3, 0.4) is 0 Å². The van der Waals surface area contributed by atoms with E-state index in [2.05, 4.69) is 33.2 Å². The number of carbonyl (C=O) groups is 1. The molecule has 0 spiro atoms. The van der Waals surface area contributed by atoms with Gasteiger partial charge in [0.2, 0.25) is 0 Å². The minimum atomic E-state index is -0.465. The van der Waals surface area contributed by atoms with Crippen molar-refractivity contribution in [3.05, 3.63) is 89.9 Å². The number of rotatable bonds is 11. The number of amides is 1. The fourth-order valence-electron chi connectivity index (χ4n) is 4.53. The van der Waals surface area contributed by atoms with E-state index in [1.165, 1.54) is 13.2 Å². The summed E-state index contributed by atoms with van der Waals surface area (Å²) in [4.78, 5) is 17.1. The van der Waals surface area contributed by atoms with E-state index in [-0.39, 0.29) is 18.3 Å². The maximum atomic E-state index is 14.2. The molecule has 192 valence electrons. The van der Waals surface area contributed by atoms with Crippen molar-refractivity contribution in [3.63, 3.8) is 0 Å². The van der Waals surface area contributed by atoms with Gasteiger partial charge < -0.3 is 24.7 Å². The van der Waals surface area contributed by atoms with E-state index in [9.17, 15) is 14.3 Å². The molecule has 1 aromatic heterocycles. The van der Waals surface area contributed by atoms with Crippen molar-refractivity contribution in [1.29, 1.82) is 0 Å². The Hall–Kier alpha value is -3.97. The van der Waals surface area contributed by atoms with Crippen LogP contribution in [0.5, 0.6) is 5.75 Å². The van der Waals surface area contributed by atoms with Gasteiger partial charge in [0, 0.05) is 36.3 Å². The van der Waals surface area contributed by atoms with Crippen molar-refractivity contribution in [2.75, 3.05) is 20.8 Å². The van der Waals surface area contributed by atoms with Gasteiger partial charge in [-0.3, -0.25) is 4.79 Å². The predicted octanol–water partition coefficient (Wildman–Crippen LogP) is 5.27. The monoisotopic (exact) mass is 501 g/mol. The number of carbonyl (C=O) groups excluding carboxylic acids is 1. The Morgan fingerprint density at radius 2 is 1.95 bits per heavy atom. The molecule has 0 aliphatic rings. The van der Waals surface area contributed by atoms with Crippen LogP contribution in [-0.4, -0.2) is 48.6 Å². The highest BCUT2D eigenvalue weighted by Crippen LogP contribution is 2.27. The van der Waals surface area contributed by atoms with E-state index >= 15 is 0 Å². The Kier molecular flexibility index (Phi) is 8.69. The second-order valence-electron chi connectivity index (χ2n) is 8.94. The van der Waals surface area contributed by atoms with E-state index in [0.717, 1.165) is 35.9 Å². The summed E-state index contributed by atoms with van der Waals surface area (Å²) in [7, 11) is 3.20. The molecule has 4 rings (SSSR count). The van der Waals surface area contributed by atoms with Crippen molar-refractivity contribution in [2.45, 2.75) is 31.8 Å². The topological polar surface area (TPSA) is 75.9 Å². The number of ether oxygens (including phenoxy) is 1. The van der Waals surface area contributed by atoms with E-state index in [0.29, 0.717) is 23.1 Å². The first-order chi connectivity index (χ1) is 18.0. The van der Waals surface area contributed by atoms with Gasteiger partial charge in [-0.25, -0.2) is 4.39 Å². The van der Waals surface area contributed by atoms with Crippen LogP contribution in [0.2, 0.25) is 0 Å². The molecule has 0 aliphatic carbocycles. The fraction of sp³-hybridized carbons (Fsp3) is 0.267. The number of unbranched alkanes of at least 4 members (excludes halogenated alkanes) is 1. The lowest BCUT2D eigenvalue weighted by atomic mass is 10.0. The molecular weight excluding hydrogens is 469 g/mol. The van der Waals surface area contributed by atoms with Crippen LogP contribution in [-0.2, 0) is 13.0 Å². The predicted molar refractivity (Wildman–Crippen MR) is 146 cm³/mol. The lowest BCUT2D eigenvalue weighted by Gasteiger charge is -2.16. The number of hydrogen-bond acceptors (Lipinski definition) is 4. The molecule has 1 heterocycles. The van der Waals surface area contributed by atoms with Crippen LogP contribution < -0.4 is 10.1 Å². The van der Waals surface area contributed by atoms with Gasteiger partial charge in [-0.1, -0.05) is 36.4 Å². The Morgan fingerprint density at radius 1 is 1.14 bits per heavy atom. The molecule has 6 nitrogen and oxygen atoms in total. The van der Waals surface area contributed by atoms with Crippen molar-refractivity contribution in [1.82, 2.24) is 9.88 Å². The second kappa shape index (κ2) is 12.3. The Balaban J connectivity index is 1.49. The molecule has 0 radical (unpaired) electrons. The van der Waals surface area contributed by atoms with Gasteiger partial charge in [-0.15, -0.1) is 0 Å². The van der Waals surface area contributed by atoms with Crippen LogP contribution >= 0.6 is 0 Å². The Bertz CT molecular complexity index is 1400. The number of hydrogen-bond donors (Lipinski definition) is 2. The van der Waals surface area contributed by atoms with Crippen LogP contribution in [0.15, 0.2) is 77.9 Å². The molecule has 0 saturated carbocycles. The third kappa shape index (κ3) is 6.24. The molecule has 2 N–H and O–H groups in total. The quantitative estimate of drug-likeness (QED) is 0.217. The van der Waals surface area contributed by atoms with Crippen LogP contribution in [0.25, 0.3) is 22.0 Å². The maximum Gasteiger partial charge on any atom is 0.251 e. The van der Waals surface area contributed by atoms with E-state index < -0.39 is 11.9 Å². The minimum absolute atomic E-state index is 0.166. The van der Waals surface area contributed by atoms with Crippen LogP contribution in [0, 0.1) is 5.82 Å². The summed E-state index contributed by atoms with van der Waals surface area (Å²) < 4.78 is 21.4. The summed E-state index contributed by atoms with van der Waals surface area (Å²) in [6.07, 6.45) is 6.42. The van der Waals surface area contributed by atoms with Crippen molar-refractivity contribution in [3.8, 4) is 16.9 Å². The molecule has 3 aromatic carbocycles. The Morgan fingerprint density at radius 3 is 2.70 bits per heavy atom. The first-order valence-corrected chi connectivity index (χ1v) is 12.4. The smallest absolute Gasteiger partial charge is 0.251 e. The number of methoxy groups -OCH3 is 1. The third-order valence-electron chi connectivity index (χ3n) is 6.42. The zero-order valence-corrected chi connectivity index (χ0v) is 21.2. The summed E-state index contributed by atoms with van der Waals surface area (Å²) in [5.41, 5.74) is 4.00. The molecule has 0 aliphatic heterocycles. The zero-order chi connectivity index (χ0) is 26.2. The summed E-state index contributed by atoms with van der Waals surface area (Å²) in [5.74, 6) is -0.593. The van der Waals surface area contributed by atoms with Crippen LogP contribution in [0.1, 0.15) is 28.8 Å². The maximum absolute atomic E-state index is 14.2. The Labute approximate surface area is 216 Å². The van der Waals surface area contributed by atoms with E-state index in [1.807, 2.05) is 24.4 Å². The van der Waals surface area contributed by atoms with Gasteiger partial charge in [-0.2, -0.15) is 0 Å². The van der Waals surface area contributed by atoms with Crippen LogP contribution in [0.4, 0.5) is 4.39 Å². The number of aromatic nitrogens is 1. The van der Waals surface area contributed by atoms with Gasteiger partial charge in [0.05, 0.1) is 19.8 Å². The van der Waals surface area contributed by atoms with Gasteiger partial charge in [-0.05, 0) is 72.5 Å². The van der Waals surface area contributed by atoms with Crippen molar-refractivity contribution >= 4 is 23.0 Å². The molecule has 4 aromatic rings. The largest absolute Gasteiger partial charge is 0.494 e. The molecule has 37 heavy (non-hydrogen) atoms. The average Bonchev–Trinajstić information content (AvgIpc) is 3.27. The van der Waals surface area contributed by atoms with Gasteiger partial charge in [0.15, 0.2) is 11.6 Å². The normalized spacial score (nSPS) is 12.2. The first-order valence-electron chi connectivity index (χ1n) is 12.4. The van der Waals surface area contributed by atoms with Crippen molar-refractivity contribution in [2.24, 2.45) is 4.99 Å². The standard InChI is InChI=1S/C30H32FN3O3/c1-32-14-5-6-15-34-19-24(26-10-3-4-11-28(26)34)17-25(20-35)33-30(36)23-9-7-8-21(16-23)22-12-13-29(37-2)27(31)18-22/h3-4,7-14,16,18-19,25,35H,5-6,15,17,20H2,1-2H3,(H,33,36)/t25-/m1/s1. The molecular formula is C30H32FN3O3. The minimum Gasteiger partial charge on any atom is -0.494 e. The number of aliphatic hydroxyl groups is 1. The lowest BCUT2D eigenvalue weighted by molar-refractivity contribution is 0.0916. The zero-order valence-electron chi connectivity index (χ0n) is 21.2. The van der Waals surface area contributed by atoms with E-state index in [4.69, 9.17) is 4.74 Å². The lowest BCUT2D eigenvalue weighted by Crippen LogP contribution is -2.39. The molecule has 1 atom stereocenters. The number of aliphatic hydroxyl groups excluding tert-OH is 1. The average molecular weight is 502 g/mol. The second-order valence-corrected chi connectivity index (χ2v) is 8.94. The summed E-state index contributed by atoms with van der Waals surface area (Å²) in [6.45, 7) is 0.670. The molecule has 7 heteroatoms. The van der Waals surface area contributed by atoms with Gasteiger partial charge >= 0.3 is 0 Å². The number of nitrogens with one attached hydrogen (secondary N) is 1. The van der Waals surface area contributed by atoms with Gasteiger partial charge in [0.25, 0.3) is 5.91 Å². The van der Waals surface area contributed by atoms with Crippen molar-refractivity contribution < 1.29 is 19.0 Å². The van der Waals surface area contributed by atoms with E-state index in [1.54, 1.807) is 37.4 Å². The highest BCUT2D eigenvalue weighted by Gasteiger charge is 2.18. The molecule has 1 amide bonds. The number of fused-ring (bicyclic) bond motifs is 1. The molecule has 0 unspecified atom stereocenters. The number of aryl methyl sites for hydroxylation is 1. The highest BCUT2D eigenvalue weighted by atomic mass is 19.1. The molecule has 0 bridgehead atoms. The highest BCUT2D eigenvalue weighted by molar-refractivity contribution is 5.95. The number of nitrogens with zero attached hydrogens (tertiary/aromatic N) is 2.